The molecule has 0 aromatic heterocycles. The molecule has 0 aliphatic heterocycles. The molecule has 13 heavy (non-hydrogen) atoms. The SMILES string of the molecule is CCO[N]C(=S)Nc1ccccc1. The first-order chi connectivity index (χ1) is 6.33. The molecular formula is C9H11N2OS. The standard InChI is InChI=1S/C9H11N2OS/c1-2-12-11-9(13)10-8-6-4-3-5-7-8/h3-7H,2H2,1H3,(H,10,13). The van der Waals surface area contributed by atoms with E-state index in [-0.39, 0.29) is 0 Å². The molecule has 0 aliphatic carbocycles. The summed E-state index contributed by atoms with van der Waals surface area (Å²) in [5.41, 5.74) is 4.57. The number of anilines is 1. The van der Waals surface area contributed by atoms with Crippen molar-refractivity contribution in [2.75, 3.05) is 11.9 Å². The lowest BCUT2D eigenvalue weighted by atomic mass is 10.3. The highest BCUT2D eigenvalue weighted by atomic mass is 32.1. The van der Waals surface area contributed by atoms with Crippen molar-refractivity contribution in [3.8, 4) is 0 Å². The van der Waals surface area contributed by atoms with Gasteiger partial charge in [0.05, 0.1) is 6.61 Å². The second-order valence-electron chi connectivity index (χ2n) is 2.31. The molecule has 0 saturated carbocycles. The predicted molar refractivity (Wildman–Crippen MR) is 56.4 cm³/mol. The van der Waals surface area contributed by atoms with Gasteiger partial charge in [-0.2, -0.15) is 0 Å². The molecule has 1 N–H and O–H groups in total. The third-order valence-corrected chi connectivity index (χ3v) is 1.48. The van der Waals surface area contributed by atoms with Crippen LogP contribution in [0.4, 0.5) is 5.69 Å². The third kappa shape index (κ3) is 3.87. The molecule has 0 spiro atoms. The number of thiocarbonyl (C=S) groups is 1. The fourth-order valence-corrected chi connectivity index (χ4v) is 0.962. The third-order valence-electron chi connectivity index (χ3n) is 1.30. The van der Waals surface area contributed by atoms with Crippen molar-refractivity contribution in [1.82, 2.24) is 5.48 Å². The lowest BCUT2D eigenvalue weighted by Crippen LogP contribution is -2.21. The van der Waals surface area contributed by atoms with Gasteiger partial charge >= 0.3 is 0 Å². The molecule has 0 fully saturated rings. The lowest BCUT2D eigenvalue weighted by Gasteiger charge is -2.05. The fraction of sp³-hybridized carbons (Fsp3) is 0.222. The van der Waals surface area contributed by atoms with E-state index in [0.717, 1.165) is 5.69 Å². The van der Waals surface area contributed by atoms with Gasteiger partial charge in [0, 0.05) is 5.69 Å². The lowest BCUT2D eigenvalue weighted by molar-refractivity contribution is 0.0911. The number of nitrogens with one attached hydrogen (secondary N) is 1. The van der Waals surface area contributed by atoms with Crippen LogP contribution in [-0.2, 0) is 4.84 Å². The molecule has 0 unspecified atom stereocenters. The van der Waals surface area contributed by atoms with Gasteiger partial charge in [0.2, 0.25) is 5.11 Å². The van der Waals surface area contributed by atoms with Gasteiger partial charge in [-0.15, -0.1) is 5.48 Å². The monoisotopic (exact) mass is 195 g/mol. The molecule has 0 saturated heterocycles. The number of para-hydroxylation sites is 1. The minimum Gasteiger partial charge on any atom is -0.329 e. The quantitative estimate of drug-likeness (QED) is 0.591. The molecule has 0 heterocycles. The van der Waals surface area contributed by atoms with Gasteiger partial charge in [-0.1, -0.05) is 18.2 Å². The zero-order chi connectivity index (χ0) is 9.52. The molecule has 0 atom stereocenters. The van der Waals surface area contributed by atoms with Gasteiger partial charge in [-0.05, 0) is 31.3 Å². The first-order valence-electron chi connectivity index (χ1n) is 4.02. The van der Waals surface area contributed by atoms with Crippen molar-refractivity contribution in [3.63, 3.8) is 0 Å². The first kappa shape index (κ1) is 9.95. The van der Waals surface area contributed by atoms with Crippen LogP contribution >= 0.6 is 12.2 Å². The van der Waals surface area contributed by atoms with Gasteiger partial charge < -0.3 is 5.32 Å². The van der Waals surface area contributed by atoms with Crippen molar-refractivity contribution < 1.29 is 4.84 Å². The fourth-order valence-electron chi connectivity index (χ4n) is 0.791. The van der Waals surface area contributed by atoms with Gasteiger partial charge in [0.15, 0.2) is 0 Å². The summed E-state index contributed by atoms with van der Waals surface area (Å²) < 4.78 is 0. The molecule has 4 heteroatoms. The van der Waals surface area contributed by atoms with Gasteiger partial charge in [0.1, 0.15) is 0 Å². The average molecular weight is 195 g/mol. The second-order valence-corrected chi connectivity index (χ2v) is 2.69. The zero-order valence-corrected chi connectivity index (χ0v) is 8.17. The number of hydroxylamine groups is 1. The normalized spacial score (nSPS) is 9.31. The molecule has 69 valence electrons. The van der Waals surface area contributed by atoms with E-state index in [9.17, 15) is 0 Å². The average Bonchev–Trinajstić information content (AvgIpc) is 2.16. The second kappa shape index (κ2) is 5.50. The Morgan fingerprint density at radius 2 is 2.15 bits per heavy atom. The van der Waals surface area contributed by atoms with Crippen molar-refractivity contribution in [3.05, 3.63) is 30.3 Å². The number of hydrogen-bond acceptors (Lipinski definition) is 2. The summed E-state index contributed by atoms with van der Waals surface area (Å²) in [6.07, 6.45) is 0. The Hall–Kier alpha value is -1.13. The maximum Gasteiger partial charge on any atom is 0.223 e. The molecule has 0 amide bonds. The largest absolute Gasteiger partial charge is 0.329 e. The van der Waals surface area contributed by atoms with Crippen molar-refractivity contribution in [2.45, 2.75) is 6.92 Å². The summed E-state index contributed by atoms with van der Waals surface area (Å²) in [7, 11) is 0. The van der Waals surface area contributed by atoms with Gasteiger partial charge in [0.25, 0.3) is 0 Å². The maximum atomic E-state index is 4.90. The smallest absolute Gasteiger partial charge is 0.223 e. The Balaban J connectivity index is 2.37. The number of benzene rings is 1. The van der Waals surface area contributed by atoms with E-state index in [0.29, 0.717) is 11.7 Å². The molecule has 0 aliphatic rings. The van der Waals surface area contributed by atoms with Crippen LogP contribution < -0.4 is 10.8 Å². The Morgan fingerprint density at radius 3 is 2.77 bits per heavy atom. The minimum atomic E-state index is 0.341. The van der Waals surface area contributed by atoms with E-state index in [1.807, 2.05) is 37.3 Å². The minimum absolute atomic E-state index is 0.341. The maximum absolute atomic E-state index is 4.90. The van der Waals surface area contributed by atoms with Crippen LogP contribution in [0.25, 0.3) is 0 Å². The molecule has 0 bridgehead atoms. The summed E-state index contributed by atoms with van der Waals surface area (Å²) in [5, 5.41) is 3.26. The van der Waals surface area contributed by atoms with Crippen LogP contribution in [0.3, 0.4) is 0 Å². The molecule has 1 aromatic carbocycles. The highest BCUT2D eigenvalue weighted by Crippen LogP contribution is 2.04. The molecule has 1 radical (unpaired) electrons. The number of nitrogens with zero attached hydrogens (tertiary/aromatic N) is 1. The highest BCUT2D eigenvalue weighted by Gasteiger charge is 1.96. The van der Waals surface area contributed by atoms with E-state index in [1.165, 1.54) is 0 Å². The molecule has 1 rings (SSSR count). The first-order valence-corrected chi connectivity index (χ1v) is 4.43. The van der Waals surface area contributed by atoms with Crippen LogP contribution in [0, 0.1) is 0 Å². The molecule has 3 nitrogen and oxygen atoms in total. The van der Waals surface area contributed by atoms with Gasteiger partial charge in [-0.3, -0.25) is 0 Å². The summed E-state index contributed by atoms with van der Waals surface area (Å²) in [6.45, 7) is 2.38. The van der Waals surface area contributed by atoms with Crippen molar-refractivity contribution in [1.29, 1.82) is 0 Å². The zero-order valence-electron chi connectivity index (χ0n) is 7.36. The van der Waals surface area contributed by atoms with Crippen LogP contribution in [-0.4, -0.2) is 11.7 Å². The Morgan fingerprint density at radius 1 is 1.46 bits per heavy atom. The van der Waals surface area contributed by atoms with Gasteiger partial charge in [-0.25, -0.2) is 4.84 Å². The highest BCUT2D eigenvalue weighted by molar-refractivity contribution is 7.80. The summed E-state index contributed by atoms with van der Waals surface area (Å²) in [6, 6.07) is 9.60. The Labute approximate surface area is 83.1 Å². The number of rotatable bonds is 3. The van der Waals surface area contributed by atoms with E-state index in [1.54, 1.807) is 0 Å². The Bertz CT molecular complexity index is 264. The van der Waals surface area contributed by atoms with E-state index < -0.39 is 0 Å². The van der Waals surface area contributed by atoms with Crippen LogP contribution in [0.2, 0.25) is 0 Å². The summed E-state index contributed by atoms with van der Waals surface area (Å²) in [5.74, 6) is 0. The van der Waals surface area contributed by atoms with Crippen LogP contribution in [0.5, 0.6) is 0 Å². The van der Waals surface area contributed by atoms with Crippen LogP contribution in [0.1, 0.15) is 6.92 Å². The summed E-state index contributed by atoms with van der Waals surface area (Å²) >= 11 is 4.90. The molecule has 1 aromatic rings. The van der Waals surface area contributed by atoms with Crippen LogP contribution in [0.15, 0.2) is 30.3 Å². The Kier molecular flexibility index (Phi) is 4.21. The molecular weight excluding hydrogens is 184 g/mol. The van der Waals surface area contributed by atoms with Crippen molar-refractivity contribution in [2.24, 2.45) is 0 Å². The van der Waals surface area contributed by atoms with E-state index in [2.05, 4.69) is 10.8 Å². The summed E-state index contributed by atoms with van der Waals surface area (Å²) in [4.78, 5) is 4.79. The predicted octanol–water partition coefficient (Wildman–Crippen LogP) is 1.94. The topological polar surface area (TPSA) is 35.4 Å². The van der Waals surface area contributed by atoms with E-state index >= 15 is 0 Å². The number of hydrogen-bond donors (Lipinski definition) is 1. The van der Waals surface area contributed by atoms with E-state index in [4.69, 9.17) is 17.1 Å². The van der Waals surface area contributed by atoms with Crippen molar-refractivity contribution >= 4 is 23.0 Å².